The smallest absolute Gasteiger partial charge is 0.264 e. The molecule has 3 aromatic heterocycles. The fraction of sp³-hybridized carbons (Fsp3) is 0.542. The summed E-state index contributed by atoms with van der Waals surface area (Å²) in [7, 11) is -1.65. The van der Waals surface area contributed by atoms with E-state index in [4.69, 9.17) is 9.15 Å². The maximum Gasteiger partial charge on any atom is 0.264 e. The number of rotatable bonds is 22. The topological polar surface area (TPSA) is 193 Å². The summed E-state index contributed by atoms with van der Waals surface area (Å²) in [4.78, 5) is 71.1. The molecule has 3 aliphatic heterocycles. The van der Waals surface area contributed by atoms with Gasteiger partial charge in [0.1, 0.15) is 23.1 Å². The first-order chi connectivity index (χ1) is 31.4. The molecule has 0 radical (unpaired) electrons. The zero-order valence-electron chi connectivity index (χ0n) is 37.5. The van der Waals surface area contributed by atoms with Crippen molar-refractivity contribution in [3.8, 4) is 16.9 Å². The summed E-state index contributed by atoms with van der Waals surface area (Å²) < 4.78 is 42.5. The van der Waals surface area contributed by atoms with Crippen LogP contribution in [0.4, 0.5) is 5.69 Å². The van der Waals surface area contributed by atoms with Crippen molar-refractivity contribution in [1.82, 2.24) is 29.0 Å². The van der Waals surface area contributed by atoms with Crippen LogP contribution < -0.4 is 20.9 Å². The number of aryl methyl sites for hydroxylation is 1. The van der Waals surface area contributed by atoms with Gasteiger partial charge in [0, 0.05) is 74.9 Å². The molecule has 6 heterocycles. The second-order valence-corrected chi connectivity index (χ2v) is 20.3. The van der Waals surface area contributed by atoms with E-state index >= 15 is 0 Å². The van der Waals surface area contributed by atoms with E-state index < -0.39 is 39.7 Å². The molecule has 4 aromatic rings. The van der Waals surface area contributed by atoms with Gasteiger partial charge in [-0.25, -0.2) is 8.42 Å². The number of carbonyl (C=O) groups excluding carboxylic acids is 4. The molecular formula is C48H61N7O9S. The number of nitrogens with one attached hydrogen (secondary N) is 2. The Morgan fingerprint density at radius 1 is 0.877 bits per heavy atom. The summed E-state index contributed by atoms with van der Waals surface area (Å²) in [6.07, 6.45) is 17.7. The number of hydrogen-bond donors (Lipinski definition) is 2. The summed E-state index contributed by atoms with van der Waals surface area (Å²) in [6.45, 7) is 5.16. The van der Waals surface area contributed by atoms with Crippen molar-refractivity contribution in [2.75, 3.05) is 43.9 Å². The molecule has 0 bridgehead atoms. The second-order valence-electron chi connectivity index (χ2n) is 18.2. The van der Waals surface area contributed by atoms with Gasteiger partial charge in [-0.1, -0.05) is 57.4 Å². The first-order valence-corrected chi connectivity index (χ1v) is 25.0. The van der Waals surface area contributed by atoms with Gasteiger partial charge in [0.05, 0.1) is 41.6 Å². The number of pyridine rings is 2. The van der Waals surface area contributed by atoms with Crippen LogP contribution in [-0.2, 0) is 33.2 Å². The number of piperazine rings is 1. The van der Waals surface area contributed by atoms with E-state index in [0.717, 1.165) is 73.8 Å². The fourth-order valence-corrected chi connectivity index (χ4v) is 10.9. The molecule has 16 nitrogen and oxygen atoms in total. The largest absolute Gasteiger partial charge is 0.491 e. The molecule has 2 N–H and O–H groups in total. The van der Waals surface area contributed by atoms with Crippen LogP contribution in [0.1, 0.15) is 123 Å². The number of unbranched alkanes of at least 4 members (excludes halogenated alkanes) is 9. The van der Waals surface area contributed by atoms with Gasteiger partial charge in [-0.05, 0) is 69.2 Å². The SMILES string of the molecule is C[C@@H]1CN(S(=O)(=O)CCCCCCCCCCCCNc2cccc3c2C(=O)N(C2CCC(=O)NC2=O)C3=O)CCN1Cc1cc2c(=O)n(C)cc(-c3ccncc3OCC3CC3)c2o1. The van der Waals surface area contributed by atoms with Crippen LogP contribution in [-0.4, -0.2) is 106 Å². The van der Waals surface area contributed by atoms with Gasteiger partial charge in [-0.2, -0.15) is 4.31 Å². The minimum absolute atomic E-state index is 0.0324. The average molecular weight is 912 g/mol. The number of anilines is 1. The van der Waals surface area contributed by atoms with Crippen molar-refractivity contribution in [1.29, 1.82) is 0 Å². The highest BCUT2D eigenvalue weighted by Gasteiger charge is 2.45. The van der Waals surface area contributed by atoms with Gasteiger partial charge in [-0.3, -0.25) is 44.1 Å². The lowest BCUT2D eigenvalue weighted by Gasteiger charge is -2.38. The maximum atomic E-state index is 13.4. The molecule has 17 heteroatoms. The molecule has 8 rings (SSSR count). The zero-order valence-corrected chi connectivity index (χ0v) is 38.3. The summed E-state index contributed by atoms with van der Waals surface area (Å²) in [6, 6.07) is 7.78. The van der Waals surface area contributed by atoms with E-state index in [1.807, 2.05) is 19.1 Å². The van der Waals surface area contributed by atoms with Crippen molar-refractivity contribution in [2.24, 2.45) is 13.0 Å². The average Bonchev–Trinajstić information content (AvgIpc) is 3.97. The summed E-state index contributed by atoms with van der Waals surface area (Å²) >= 11 is 0. The van der Waals surface area contributed by atoms with Crippen LogP contribution in [0.5, 0.6) is 5.75 Å². The van der Waals surface area contributed by atoms with Crippen LogP contribution in [0, 0.1) is 5.92 Å². The molecule has 1 aliphatic carbocycles. The molecule has 1 aromatic carbocycles. The summed E-state index contributed by atoms with van der Waals surface area (Å²) in [5.74, 6) is -0.000118. The highest BCUT2D eigenvalue weighted by Crippen LogP contribution is 2.37. The van der Waals surface area contributed by atoms with Crippen LogP contribution in [0.2, 0.25) is 0 Å². The van der Waals surface area contributed by atoms with Gasteiger partial charge in [0.25, 0.3) is 17.4 Å². The number of aromatic nitrogens is 2. The normalized spacial score (nSPS) is 19.6. The first-order valence-electron chi connectivity index (χ1n) is 23.4. The van der Waals surface area contributed by atoms with E-state index in [0.29, 0.717) is 79.8 Å². The van der Waals surface area contributed by atoms with E-state index in [2.05, 4.69) is 20.5 Å². The number of furan rings is 1. The number of carbonyl (C=O) groups is 4. The Kier molecular flexibility index (Phi) is 14.5. The van der Waals surface area contributed by atoms with Crippen molar-refractivity contribution >= 4 is 50.3 Å². The molecule has 65 heavy (non-hydrogen) atoms. The number of benzene rings is 1. The zero-order chi connectivity index (χ0) is 45.7. The minimum atomic E-state index is -3.38. The summed E-state index contributed by atoms with van der Waals surface area (Å²) in [5, 5.41) is 6.04. The lowest BCUT2D eigenvalue weighted by molar-refractivity contribution is -0.136. The molecule has 4 amide bonds. The molecule has 3 fully saturated rings. The number of amides is 4. The van der Waals surface area contributed by atoms with Gasteiger partial charge in [0.2, 0.25) is 21.8 Å². The lowest BCUT2D eigenvalue weighted by Crippen LogP contribution is -2.54. The molecule has 0 spiro atoms. The Hall–Kier alpha value is -5.39. The molecule has 4 aliphatic rings. The predicted molar refractivity (Wildman–Crippen MR) is 246 cm³/mol. The van der Waals surface area contributed by atoms with Crippen LogP contribution in [0.3, 0.4) is 0 Å². The Morgan fingerprint density at radius 3 is 2.34 bits per heavy atom. The predicted octanol–water partition coefficient (Wildman–Crippen LogP) is 6.23. The van der Waals surface area contributed by atoms with Gasteiger partial charge in [-0.15, -0.1) is 0 Å². The Morgan fingerprint density at radius 2 is 1.62 bits per heavy atom. The number of imide groups is 2. The fourth-order valence-electron chi connectivity index (χ4n) is 9.27. The Labute approximate surface area is 380 Å². The molecular weight excluding hydrogens is 851 g/mol. The number of hydrogen-bond acceptors (Lipinski definition) is 12. The van der Waals surface area contributed by atoms with E-state index in [1.165, 1.54) is 12.8 Å². The van der Waals surface area contributed by atoms with Crippen LogP contribution in [0.25, 0.3) is 22.1 Å². The van der Waals surface area contributed by atoms with Crippen LogP contribution >= 0.6 is 0 Å². The van der Waals surface area contributed by atoms with Crippen molar-refractivity contribution in [2.45, 2.75) is 115 Å². The van der Waals surface area contributed by atoms with Crippen LogP contribution in [0.15, 0.2) is 58.1 Å². The minimum Gasteiger partial charge on any atom is -0.491 e. The highest BCUT2D eigenvalue weighted by molar-refractivity contribution is 7.89. The van der Waals surface area contributed by atoms with E-state index in [9.17, 15) is 32.4 Å². The third kappa shape index (κ3) is 10.7. The molecule has 1 unspecified atom stereocenters. The van der Waals surface area contributed by atoms with Crippen molar-refractivity contribution in [3.63, 3.8) is 0 Å². The van der Waals surface area contributed by atoms with E-state index in [-0.39, 0.29) is 41.3 Å². The highest BCUT2D eigenvalue weighted by atomic mass is 32.2. The van der Waals surface area contributed by atoms with E-state index in [1.54, 1.807) is 52.7 Å². The third-order valence-electron chi connectivity index (χ3n) is 13.2. The van der Waals surface area contributed by atoms with Gasteiger partial charge < -0.3 is 19.0 Å². The number of sulfonamides is 1. The maximum absolute atomic E-state index is 13.4. The van der Waals surface area contributed by atoms with Gasteiger partial charge in [0.15, 0.2) is 0 Å². The Bertz CT molecular complexity index is 2590. The first kappa shape index (κ1) is 46.2. The standard InChI is InChI=1S/C48H61N7O9S/c1-32-28-54(24-23-53(32)29-34-26-37-44(64-34)38(30-52(2)46(37)58)35-20-22-49-27-41(35)63-31-33-16-17-33)65(61,62)25-12-10-8-6-4-3-5-7-9-11-21-50-39-15-13-14-36-43(39)48(60)55(47(36)59)40-18-19-42(56)51-45(40)57/h13-15,20,22,26-27,30,32-33,40,50H,3-12,16-19,21,23-25,28-29,31H2,1-2H3,(H,51,56,57)/t32-,40?/m1/s1. The molecule has 348 valence electrons. The van der Waals surface area contributed by atoms with Crippen molar-refractivity contribution < 1.29 is 36.7 Å². The monoisotopic (exact) mass is 911 g/mol. The Balaban J connectivity index is 0.704. The van der Waals surface area contributed by atoms with Gasteiger partial charge >= 0.3 is 0 Å². The number of fused-ring (bicyclic) bond motifs is 2. The summed E-state index contributed by atoms with van der Waals surface area (Å²) in [5.41, 5.74) is 3.08. The quantitative estimate of drug-likeness (QED) is 0.0668. The lowest BCUT2D eigenvalue weighted by atomic mass is 10.0. The molecule has 2 saturated heterocycles. The molecule has 1 saturated carbocycles. The molecule has 2 atom stereocenters. The number of nitrogens with zero attached hydrogens (tertiary/aromatic N) is 5. The van der Waals surface area contributed by atoms with Crippen molar-refractivity contribution in [3.05, 3.63) is 76.2 Å². The second kappa shape index (κ2) is 20.4. The third-order valence-corrected chi connectivity index (χ3v) is 15.2. The number of piperidine rings is 1. The number of ether oxygens (including phenoxy) is 1.